The van der Waals surface area contributed by atoms with Gasteiger partial charge >= 0.3 is 0 Å². The lowest BCUT2D eigenvalue weighted by Crippen LogP contribution is -2.30. The Bertz CT molecular complexity index is 328. The lowest BCUT2D eigenvalue weighted by Gasteiger charge is -2.12. The molecule has 1 atom stereocenters. The van der Waals surface area contributed by atoms with E-state index in [0.717, 1.165) is 16.9 Å². The highest BCUT2D eigenvalue weighted by Gasteiger charge is 2.15. The predicted molar refractivity (Wildman–Crippen MR) is 55.4 cm³/mol. The Balaban J connectivity index is 2.75. The molecule has 0 spiro atoms. The minimum atomic E-state index is -2.48. The summed E-state index contributed by atoms with van der Waals surface area (Å²) in [6.07, 6.45) is -2.30. The van der Waals surface area contributed by atoms with Gasteiger partial charge < -0.3 is 10.5 Å². The third-order valence-electron chi connectivity index (χ3n) is 2.25. The Morgan fingerprint density at radius 3 is 2.53 bits per heavy atom. The van der Waals surface area contributed by atoms with Gasteiger partial charge in [-0.2, -0.15) is 0 Å². The van der Waals surface area contributed by atoms with Crippen LogP contribution in [0.1, 0.15) is 11.1 Å². The summed E-state index contributed by atoms with van der Waals surface area (Å²) in [7, 11) is 1.58. The molecular weight excluding hydrogens is 200 g/mol. The Kier molecular flexibility index (Phi) is 4.03. The van der Waals surface area contributed by atoms with Crippen molar-refractivity contribution in [3.05, 3.63) is 29.3 Å². The number of benzene rings is 1. The molecule has 15 heavy (non-hydrogen) atoms. The van der Waals surface area contributed by atoms with Gasteiger partial charge in [-0.25, -0.2) is 8.78 Å². The maximum atomic E-state index is 12.2. The van der Waals surface area contributed by atoms with Gasteiger partial charge in [-0.15, -0.1) is 0 Å². The highest BCUT2D eigenvalue weighted by Crippen LogP contribution is 2.19. The van der Waals surface area contributed by atoms with E-state index in [2.05, 4.69) is 0 Å². The van der Waals surface area contributed by atoms with Gasteiger partial charge in [-0.1, -0.05) is 12.1 Å². The van der Waals surface area contributed by atoms with Crippen LogP contribution in [-0.4, -0.2) is 19.6 Å². The lowest BCUT2D eigenvalue weighted by molar-refractivity contribution is 0.116. The number of nitrogens with two attached hydrogens (primary N) is 1. The molecule has 0 aliphatic carbocycles. The lowest BCUT2D eigenvalue weighted by atomic mass is 10.0. The van der Waals surface area contributed by atoms with E-state index in [1.54, 1.807) is 19.2 Å². The summed E-state index contributed by atoms with van der Waals surface area (Å²) >= 11 is 0. The smallest absolute Gasteiger partial charge is 0.253 e. The molecule has 0 saturated heterocycles. The predicted octanol–water partition coefficient (Wildman–Crippen LogP) is 2.14. The zero-order valence-corrected chi connectivity index (χ0v) is 8.84. The van der Waals surface area contributed by atoms with E-state index in [4.69, 9.17) is 10.5 Å². The topological polar surface area (TPSA) is 35.2 Å². The van der Waals surface area contributed by atoms with Crippen molar-refractivity contribution in [2.24, 2.45) is 5.73 Å². The van der Waals surface area contributed by atoms with Gasteiger partial charge in [-0.05, 0) is 30.5 Å². The molecule has 0 aliphatic rings. The molecule has 2 N–H and O–H groups in total. The zero-order chi connectivity index (χ0) is 11.4. The van der Waals surface area contributed by atoms with Crippen LogP contribution in [0.25, 0.3) is 0 Å². The summed E-state index contributed by atoms with van der Waals surface area (Å²) in [6, 6.07) is 4.25. The minimum absolute atomic E-state index is 0.183. The number of halogens is 2. The highest BCUT2D eigenvalue weighted by atomic mass is 19.3. The molecule has 0 amide bonds. The Morgan fingerprint density at radius 1 is 1.40 bits per heavy atom. The fourth-order valence-corrected chi connectivity index (χ4v) is 1.43. The number of hydrogen-bond acceptors (Lipinski definition) is 2. The molecule has 1 rings (SSSR count). The molecule has 84 valence electrons. The molecule has 2 nitrogen and oxygen atoms in total. The standard InChI is InChI=1S/C11H15F2NO/c1-7-5-8(3-4-10(7)15-2)6-9(14)11(12)13/h3-5,9,11H,6,14H2,1-2H3. The van der Waals surface area contributed by atoms with Crippen LogP contribution in [0.5, 0.6) is 5.75 Å². The van der Waals surface area contributed by atoms with E-state index in [9.17, 15) is 8.78 Å². The Morgan fingerprint density at radius 2 is 2.07 bits per heavy atom. The van der Waals surface area contributed by atoms with Gasteiger partial charge in [0.2, 0.25) is 0 Å². The Hall–Kier alpha value is -1.16. The largest absolute Gasteiger partial charge is 0.496 e. The van der Waals surface area contributed by atoms with E-state index in [1.165, 1.54) is 0 Å². The molecule has 0 fully saturated rings. The van der Waals surface area contributed by atoms with Crippen molar-refractivity contribution in [3.8, 4) is 5.75 Å². The molecule has 1 aromatic carbocycles. The number of ether oxygens (including phenoxy) is 1. The van der Waals surface area contributed by atoms with Gasteiger partial charge in [0.1, 0.15) is 5.75 Å². The van der Waals surface area contributed by atoms with Gasteiger partial charge in [0.15, 0.2) is 0 Å². The first-order valence-corrected chi connectivity index (χ1v) is 4.72. The average Bonchev–Trinajstić information content (AvgIpc) is 2.18. The molecule has 0 heterocycles. The second kappa shape index (κ2) is 5.07. The van der Waals surface area contributed by atoms with E-state index in [1.807, 2.05) is 13.0 Å². The van der Waals surface area contributed by atoms with Crippen LogP contribution >= 0.6 is 0 Å². The fraction of sp³-hybridized carbons (Fsp3) is 0.455. The molecule has 0 radical (unpaired) electrons. The van der Waals surface area contributed by atoms with Crippen molar-refractivity contribution in [2.75, 3.05) is 7.11 Å². The van der Waals surface area contributed by atoms with Crippen LogP contribution in [0.2, 0.25) is 0 Å². The summed E-state index contributed by atoms with van der Waals surface area (Å²) in [5.74, 6) is 0.754. The van der Waals surface area contributed by atoms with Crippen molar-refractivity contribution in [3.63, 3.8) is 0 Å². The SMILES string of the molecule is COc1ccc(CC(N)C(F)F)cc1C. The number of hydrogen-bond donors (Lipinski definition) is 1. The van der Waals surface area contributed by atoms with Gasteiger partial charge in [-0.3, -0.25) is 0 Å². The summed E-state index contributed by atoms with van der Waals surface area (Å²) in [5.41, 5.74) is 7.02. The van der Waals surface area contributed by atoms with Crippen molar-refractivity contribution in [1.82, 2.24) is 0 Å². The third-order valence-corrected chi connectivity index (χ3v) is 2.25. The monoisotopic (exact) mass is 215 g/mol. The summed E-state index contributed by atoms with van der Waals surface area (Å²) in [5, 5.41) is 0. The highest BCUT2D eigenvalue weighted by molar-refractivity contribution is 5.36. The minimum Gasteiger partial charge on any atom is -0.496 e. The van der Waals surface area contributed by atoms with Crippen molar-refractivity contribution in [2.45, 2.75) is 25.8 Å². The maximum absolute atomic E-state index is 12.2. The maximum Gasteiger partial charge on any atom is 0.253 e. The molecular formula is C11H15F2NO. The van der Waals surface area contributed by atoms with Crippen LogP contribution in [0, 0.1) is 6.92 Å². The second-order valence-electron chi connectivity index (χ2n) is 3.51. The van der Waals surface area contributed by atoms with E-state index in [0.29, 0.717) is 0 Å². The normalized spacial score (nSPS) is 12.9. The van der Waals surface area contributed by atoms with Crippen LogP contribution in [0.4, 0.5) is 8.78 Å². The molecule has 0 aliphatic heterocycles. The molecule has 0 bridgehead atoms. The second-order valence-corrected chi connectivity index (χ2v) is 3.51. The van der Waals surface area contributed by atoms with Gasteiger partial charge in [0.05, 0.1) is 13.2 Å². The van der Waals surface area contributed by atoms with E-state index < -0.39 is 12.5 Å². The van der Waals surface area contributed by atoms with Crippen LogP contribution in [-0.2, 0) is 6.42 Å². The van der Waals surface area contributed by atoms with Gasteiger partial charge in [0.25, 0.3) is 6.43 Å². The fourth-order valence-electron chi connectivity index (χ4n) is 1.43. The van der Waals surface area contributed by atoms with Crippen molar-refractivity contribution in [1.29, 1.82) is 0 Å². The number of methoxy groups -OCH3 is 1. The number of rotatable bonds is 4. The van der Waals surface area contributed by atoms with Crippen LogP contribution in [0.15, 0.2) is 18.2 Å². The summed E-state index contributed by atoms with van der Waals surface area (Å²) < 4.78 is 29.5. The summed E-state index contributed by atoms with van der Waals surface area (Å²) in [4.78, 5) is 0. The van der Waals surface area contributed by atoms with Gasteiger partial charge in [0, 0.05) is 0 Å². The average molecular weight is 215 g/mol. The van der Waals surface area contributed by atoms with Crippen LogP contribution in [0.3, 0.4) is 0 Å². The Labute approximate surface area is 88.0 Å². The first-order valence-electron chi connectivity index (χ1n) is 4.72. The third kappa shape index (κ3) is 3.16. The van der Waals surface area contributed by atoms with Crippen LogP contribution < -0.4 is 10.5 Å². The molecule has 0 saturated carbocycles. The molecule has 4 heteroatoms. The summed E-state index contributed by atoms with van der Waals surface area (Å²) in [6.45, 7) is 1.87. The first kappa shape index (κ1) is 11.9. The van der Waals surface area contributed by atoms with Crippen molar-refractivity contribution >= 4 is 0 Å². The van der Waals surface area contributed by atoms with E-state index in [-0.39, 0.29) is 6.42 Å². The van der Waals surface area contributed by atoms with E-state index >= 15 is 0 Å². The van der Waals surface area contributed by atoms with Crippen molar-refractivity contribution < 1.29 is 13.5 Å². The number of alkyl halides is 2. The first-order chi connectivity index (χ1) is 7.04. The molecule has 0 aromatic heterocycles. The molecule has 1 unspecified atom stereocenters. The number of aryl methyl sites for hydroxylation is 1. The zero-order valence-electron chi connectivity index (χ0n) is 8.84. The quantitative estimate of drug-likeness (QED) is 0.835. The molecule has 1 aromatic rings.